The second-order valence-corrected chi connectivity index (χ2v) is 6.86. The van der Waals surface area contributed by atoms with E-state index in [0.717, 1.165) is 0 Å². The molecule has 6 heteroatoms. The van der Waals surface area contributed by atoms with Crippen molar-refractivity contribution < 1.29 is 8.42 Å². The number of rotatable bonds is 3. The van der Waals surface area contributed by atoms with Crippen LogP contribution in [0.1, 0.15) is 5.56 Å². The maximum absolute atomic E-state index is 12.4. The van der Waals surface area contributed by atoms with Crippen molar-refractivity contribution >= 4 is 39.1 Å². The lowest BCUT2D eigenvalue weighted by atomic mass is 10.2. The van der Waals surface area contributed by atoms with Gasteiger partial charge < -0.3 is 0 Å². The number of hydrogen-bond donors (Lipinski definition) is 0. The first kappa shape index (κ1) is 15.6. The minimum Gasteiger partial charge on any atom is -0.218 e. The van der Waals surface area contributed by atoms with Crippen molar-refractivity contribution in [2.24, 2.45) is 0 Å². The van der Waals surface area contributed by atoms with Crippen LogP contribution in [0.25, 0.3) is 6.08 Å². The first-order valence-corrected chi connectivity index (χ1v) is 8.06. The molecule has 2 aromatic carbocycles. The first-order valence-electron chi connectivity index (χ1n) is 5.82. The molecule has 0 aromatic heterocycles. The van der Waals surface area contributed by atoms with Crippen LogP contribution in [-0.4, -0.2) is 8.42 Å². The van der Waals surface area contributed by atoms with Crippen LogP contribution in [0.5, 0.6) is 0 Å². The monoisotopic (exact) mass is 337 g/mol. The van der Waals surface area contributed by atoms with Crippen molar-refractivity contribution in [2.75, 3.05) is 0 Å². The van der Waals surface area contributed by atoms with Crippen LogP contribution in [-0.2, 0) is 9.84 Å². The van der Waals surface area contributed by atoms with E-state index in [2.05, 4.69) is 0 Å². The van der Waals surface area contributed by atoms with Gasteiger partial charge in [-0.1, -0.05) is 41.4 Å². The smallest absolute Gasteiger partial charge is 0.216 e. The van der Waals surface area contributed by atoms with E-state index in [4.69, 9.17) is 28.5 Å². The fourth-order valence-electron chi connectivity index (χ4n) is 1.64. The highest BCUT2D eigenvalue weighted by molar-refractivity contribution is 7.95. The van der Waals surface area contributed by atoms with Gasteiger partial charge in [0.25, 0.3) is 0 Å². The molecule has 0 saturated heterocycles. The van der Waals surface area contributed by atoms with Crippen molar-refractivity contribution in [1.29, 1.82) is 5.26 Å². The van der Waals surface area contributed by atoms with Gasteiger partial charge in [0.15, 0.2) is 0 Å². The molecule has 0 N–H and O–H groups in total. The molecular weight excluding hydrogens is 329 g/mol. The van der Waals surface area contributed by atoms with E-state index in [9.17, 15) is 8.42 Å². The fraction of sp³-hybridized carbons (Fsp3) is 0. The van der Waals surface area contributed by atoms with Gasteiger partial charge in [0.1, 0.15) is 11.0 Å². The van der Waals surface area contributed by atoms with Gasteiger partial charge in [-0.3, -0.25) is 0 Å². The van der Waals surface area contributed by atoms with E-state index < -0.39 is 9.84 Å². The number of nitrogens with zero attached hydrogens (tertiary/aromatic N) is 1. The molecule has 0 aliphatic carbocycles. The Kier molecular flexibility index (Phi) is 4.69. The molecule has 0 aliphatic heterocycles. The van der Waals surface area contributed by atoms with E-state index in [-0.39, 0.29) is 9.80 Å². The summed E-state index contributed by atoms with van der Waals surface area (Å²) in [4.78, 5) is -0.371. The van der Waals surface area contributed by atoms with Gasteiger partial charge in [0, 0.05) is 10.0 Å². The first-order chi connectivity index (χ1) is 9.95. The van der Waals surface area contributed by atoms with Crippen molar-refractivity contribution in [3.05, 3.63) is 69.0 Å². The molecule has 0 unspecified atom stereocenters. The maximum atomic E-state index is 12.4. The van der Waals surface area contributed by atoms with E-state index in [1.54, 1.807) is 30.3 Å². The van der Waals surface area contributed by atoms with Gasteiger partial charge in [0.05, 0.1) is 4.90 Å². The largest absolute Gasteiger partial charge is 0.218 e. The SMILES string of the molecule is N#C/C(=C/c1ccccc1Cl)S(=O)(=O)c1ccc(Cl)cc1. The van der Waals surface area contributed by atoms with Gasteiger partial charge in [-0.2, -0.15) is 5.26 Å². The summed E-state index contributed by atoms with van der Waals surface area (Å²) in [6, 6.07) is 14.0. The normalized spacial score (nSPS) is 12.0. The van der Waals surface area contributed by atoms with Crippen LogP contribution in [0, 0.1) is 11.3 Å². The number of hydrogen-bond acceptors (Lipinski definition) is 3. The molecule has 0 saturated carbocycles. The Bertz CT molecular complexity index is 835. The van der Waals surface area contributed by atoms with E-state index in [1.807, 2.05) is 0 Å². The molecule has 0 amide bonds. The molecular formula is C15H9Cl2NO2S. The van der Waals surface area contributed by atoms with Crippen molar-refractivity contribution in [2.45, 2.75) is 4.90 Å². The van der Waals surface area contributed by atoms with Crippen LogP contribution in [0.2, 0.25) is 10.0 Å². The summed E-state index contributed by atoms with van der Waals surface area (Å²) in [6.45, 7) is 0. The molecule has 2 rings (SSSR count). The lowest BCUT2D eigenvalue weighted by Gasteiger charge is -2.04. The Morgan fingerprint density at radius 1 is 1.05 bits per heavy atom. The van der Waals surface area contributed by atoms with Crippen LogP contribution in [0.15, 0.2) is 58.3 Å². The topological polar surface area (TPSA) is 57.9 Å². The van der Waals surface area contributed by atoms with Crippen molar-refractivity contribution in [1.82, 2.24) is 0 Å². The van der Waals surface area contributed by atoms with Gasteiger partial charge in [-0.15, -0.1) is 0 Å². The average molecular weight is 338 g/mol. The summed E-state index contributed by atoms with van der Waals surface area (Å²) in [7, 11) is -3.90. The number of nitriles is 1. The van der Waals surface area contributed by atoms with Crippen LogP contribution >= 0.6 is 23.2 Å². The van der Waals surface area contributed by atoms with Crippen molar-refractivity contribution in [3.63, 3.8) is 0 Å². The molecule has 0 bridgehead atoms. The van der Waals surface area contributed by atoms with Crippen molar-refractivity contribution in [3.8, 4) is 6.07 Å². The molecule has 0 heterocycles. The Hall–Kier alpha value is -1.80. The average Bonchev–Trinajstić information content (AvgIpc) is 2.46. The maximum Gasteiger partial charge on any atom is 0.216 e. The molecule has 0 fully saturated rings. The Balaban J connectivity index is 2.53. The van der Waals surface area contributed by atoms with E-state index >= 15 is 0 Å². The highest BCUT2D eigenvalue weighted by atomic mass is 35.5. The van der Waals surface area contributed by atoms with E-state index in [1.165, 1.54) is 30.3 Å². The van der Waals surface area contributed by atoms with Gasteiger partial charge in [-0.25, -0.2) is 8.42 Å². The minimum atomic E-state index is -3.90. The summed E-state index contributed by atoms with van der Waals surface area (Å²) >= 11 is 11.7. The number of halogens is 2. The Labute approximate surface area is 133 Å². The molecule has 2 aromatic rings. The second-order valence-electron chi connectivity index (χ2n) is 4.10. The number of sulfone groups is 1. The Morgan fingerprint density at radius 2 is 1.67 bits per heavy atom. The third-order valence-electron chi connectivity index (χ3n) is 2.72. The molecule has 21 heavy (non-hydrogen) atoms. The lowest BCUT2D eigenvalue weighted by molar-refractivity contribution is 0.603. The number of benzene rings is 2. The molecule has 0 atom stereocenters. The second kappa shape index (κ2) is 6.31. The lowest BCUT2D eigenvalue weighted by Crippen LogP contribution is -2.03. The van der Waals surface area contributed by atoms with Gasteiger partial charge in [-0.05, 0) is 42.0 Å². The van der Waals surface area contributed by atoms with Crippen LogP contribution in [0.4, 0.5) is 0 Å². The minimum absolute atomic E-state index is 0.00625. The standard InChI is InChI=1S/C15H9Cl2NO2S/c16-12-5-7-13(8-6-12)21(19,20)14(10-18)9-11-3-1-2-4-15(11)17/h1-9H/b14-9-. The van der Waals surface area contributed by atoms with Crippen LogP contribution in [0.3, 0.4) is 0 Å². The molecule has 0 spiro atoms. The predicted octanol–water partition coefficient (Wildman–Crippen LogP) is 4.33. The Morgan fingerprint density at radius 3 is 2.24 bits per heavy atom. The van der Waals surface area contributed by atoms with Crippen LogP contribution < -0.4 is 0 Å². The highest BCUT2D eigenvalue weighted by Crippen LogP contribution is 2.25. The van der Waals surface area contributed by atoms with Gasteiger partial charge in [0.2, 0.25) is 9.84 Å². The third-order valence-corrected chi connectivity index (χ3v) is 4.99. The van der Waals surface area contributed by atoms with E-state index in [0.29, 0.717) is 15.6 Å². The molecule has 3 nitrogen and oxygen atoms in total. The summed E-state index contributed by atoms with van der Waals surface area (Å²) in [5.41, 5.74) is 0.466. The summed E-state index contributed by atoms with van der Waals surface area (Å²) < 4.78 is 24.8. The summed E-state index contributed by atoms with van der Waals surface area (Å²) in [6.07, 6.45) is 1.26. The molecule has 0 aliphatic rings. The summed E-state index contributed by atoms with van der Waals surface area (Å²) in [5.74, 6) is 0. The predicted molar refractivity (Wildman–Crippen MR) is 83.7 cm³/mol. The zero-order valence-electron chi connectivity index (χ0n) is 10.6. The molecule has 0 radical (unpaired) electrons. The zero-order chi connectivity index (χ0) is 15.5. The summed E-state index contributed by atoms with van der Waals surface area (Å²) in [5, 5.41) is 9.95. The third kappa shape index (κ3) is 3.45. The van der Waals surface area contributed by atoms with Gasteiger partial charge >= 0.3 is 0 Å². The number of allylic oxidation sites excluding steroid dienone is 1. The zero-order valence-corrected chi connectivity index (χ0v) is 13.0. The quantitative estimate of drug-likeness (QED) is 0.783. The highest BCUT2D eigenvalue weighted by Gasteiger charge is 2.21. The fourth-order valence-corrected chi connectivity index (χ4v) is 3.11. The molecule has 106 valence electrons.